The molecule has 0 atom stereocenters. The van der Waals surface area contributed by atoms with Crippen molar-refractivity contribution in [3.05, 3.63) is 218 Å². The first-order chi connectivity index (χ1) is 29.7. The Morgan fingerprint density at radius 2 is 0.850 bits per heavy atom. The molecule has 12 rings (SSSR count). The topological polar surface area (TPSA) is 35.1 Å². The monoisotopic (exact) mass is 764 g/mol. The highest BCUT2D eigenvalue weighted by Gasteiger charge is 2.22. The lowest BCUT2D eigenvalue weighted by Crippen LogP contribution is -1.96. The van der Waals surface area contributed by atoms with Gasteiger partial charge in [0, 0.05) is 33.3 Å². The maximum absolute atomic E-state index is 5.24. The quantitative estimate of drug-likeness (QED) is 0.169. The molecule has 0 fully saturated rings. The zero-order chi connectivity index (χ0) is 39.6. The van der Waals surface area contributed by atoms with Crippen molar-refractivity contribution in [2.24, 2.45) is 0 Å². The molecule has 0 saturated heterocycles. The predicted octanol–water partition coefficient (Wildman–Crippen LogP) is 14.5. The smallest absolute Gasteiger partial charge is 0.160 e. The molecular weight excluding hydrogens is 729 g/mol. The van der Waals surface area contributed by atoms with Crippen LogP contribution in [0.3, 0.4) is 0 Å². The molecule has 9 aromatic carbocycles. The lowest BCUT2D eigenvalue weighted by Gasteiger charge is -2.12. The summed E-state index contributed by atoms with van der Waals surface area (Å²) in [5, 5.41) is 5.98. The van der Waals surface area contributed by atoms with Gasteiger partial charge in [0.1, 0.15) is 5.65 Å². The molecule has 0 amide bonds. The molecular formula is C56H36N4. The van der Waals surface area contributed by atoms with Gasteiger partial charge in [-0.05, 0) is 92.8 Å². The molecule has 0 spiro atoms. The average Bonchev–Trinajstić information content (AvgIpc) is 3.84. The maximum Gasteiger partial charge on any atom is 0.160 e. The highest BCUT2D eigenvalue weighted by Crippen LogP contribution is 2.41. The van der Waals surface area contributed by atoms with Gasteiger partial charge in [0.05, 0.1) is 27.9 Å². The first kappa shape index (κ1) is 34.0. The number of para-hydroxylation sites is 4. The van der Waals surface area contributed by atoms with Crippen LogP contribution >= 0.6 is 0 Å². The molecule has 0 bridgehead atoms. The fraction of sp³-hybridized carbons (Fsp3) is 0. The van der Waals surface area contributed by atoms with Crippen molar-refractivity contribution in [2.75, 3.05) is 0 Å². The highest BCUT2D eigenvalue weighted by molar-refractivity contribution is 6.09. The molecule has 0 N–H and O–H groups in total. The molecule has 0 aliphatic heterocycles. The molecule has 0 aliphatic carbocycles. The summed E-state index contributed by atoms with van der Waals surface area (Å²) in [6.45, 7) is 0. The minimum atomic E-state index is 0.704. The zero-order valence-electron chi connectivity index (χ0n) is 32.6. The van der Waals surface area contributed by atoms with Crippen LogP contribution in [0.4, 0.5) is 0 Å². The van der Waals surface area contributed by atoms with Crippen molar-refractivity contribution in [1.82, 2.24) is 18.9 Å². The average molecular weight is 765 g/mol. The van der Waals surface area contributed by atoms with E-state index in [1.165, 1.54) is 49.2 Å². The van der Waals surface area contributed by atoms with Crippen LogP contribution in [-0.2, 0) is 0 Å². The van der Waals surface area contributed by atoms with Crippen LogP contribution < -0.4 is 0 Å². The van der Waals surface area contributed by atoms with E-state index in [-0.39, 0.29) is 0 Å². The molecule has 60 heavy (non-hydrogen) atoms. The number of rotatable bonds is 6. The lowest BCUT2D eigenvalue weighted by molar-refractivity contribution is 1.15. The van der Waals surface area contributed by atoms with E-state index in [9.17, 15) is 0 Å². The third kappa shape index (κ3) is 5.61. The van der Waals surface area contributed by atoms with Crippen molar-refractivity contribution in [2.45, 2.75) is 0 Å². The van der Waals surface area contributed by atoms with Crippen molar-refractivity contribution < 1.29 is 0 Å². The van der Waals surface area contributed by atoms with E-state index >= 15 is 0 Å². The number of hydrogen-bond donors (Lipinski definition) is 0. The number of benzene rings is 9. The Balaban J connectivity index is 0.980. The highest BCUT2D eigenvalue weighted by atomic mass is 15.1. The molecule has 0 aliphatic rings. The van der Waals surface area contributed by atoms with Crippen molar-refractivity contribution in [3.63, 3.8) is 0 Å². The normalized spacial score (nSPS) is 11.7. The fourth-order valence-electron chi connectivity index (χ4n) is 9.00. The fourth-order valence-corrected chi connectivity index (χ4v) is 9.00. The standard InChI is InChI=1S/C56H36N4/c1-2-19-47(20-3-1)59-52-23-10-11-24-53(52)60-51-22-9-8-21-48(51)54(56(59)60)40-29-25-39(26-30-40)43-17-12-18-44(33-43)49-36-50(45-31-27-37-13-4-6-15-41(37)34-45)58-55(57-49)46-32-28-38-14-5-7-16-42(38)35-46/h1-36H. The predicted molar refractivity (Wildman–Crippen MR) is 250 cm³/mol. The first-order valence-electron chi connectivity index (χ1n) is 20.4. The van der Waals surface area contributed by atoms with Gasteiger partial charge in [-0.1, -0.05) is 164 Å². The largest absolute Gasteiger partial charge is 0.293 e. The number of fused-ring (bicyclic) bond motifs is 7. The van der Waals surface area contributed by atoms with Crippen molar-refractivity contribution >= 4 is 49.1 Å². The van der Waals surface area contributed by atoms with Gasteiger partial charge in [-0.25, -0.2) is 9.97 Å². The van der Waals surface area contributed by atoms with E-state index in [1.807, 2.05) is 0 Å². The molecule has 4 nitrogen and oxygen atoms in total. The number of hydrogen-bond acceptors (Lipinski definition) is 2. The van der Waals surface area contributed by atoms with Crippen LogP contribution in [0.5, 0.6) is 0 Å². The van der Waals surface area contributed by atoms with Gasteiger partial charge in [0.25, 0.3) is 0 Å². The molecule has 0 radical (unpaired) electrons. The molecule has 4 heteroatoms. The van der Waals surface area contributed by atoms with Gasteiger partial charge in [-0.2, -0.15) is 0 Å². The Bertz CT molecular complexity index is 3500. The van der Waals surface area contributed by atoms with Crippen LogP contribution in [0.1, 0.15) is 0 Å². The summed E-state index contributed by atoms with van der Waals surface area (Å²) in [5.41, 5.74) is 15.4. The Morgan fingerprint density at radius 1 is 0.317 bits per heavy atom. The van der Waals surface area contributed by atoms with Gasteiger partial charge in [0.2, 0.25) is 0 Å². The maximum atomic E-state index is 5.24. The third-order valence-corrected chi connectivity index (χ3v) is 11.9. The van der Waals surface area contributed by atoms with E-state index in [2.05, 4.69) is 227 Å². The Kier molecular flexibility index (Phi) is 7.82. The van der Waals surface area contributed by atoms with E-state index in [1.54, 1.807) is 0 Å². The van der Waals surface area contributed by atoms with Crippen molar-refractivity contribution in [3.8, 4) is 61.8 Å². The molecule has 12 aromatic rings. The minimum absolute atomic E-state index is 0.704. The van der Waals surface area contributed by atoms with Gasteiger partial charge in [0.15, 0.2) is 5.82 Å². The lowest BCUT2D eigenvalue weighted by atomic mass is 9.97. The summed E-state index contributed by atoms with van der Waals surface area (Å²) in [5.74, 6) is 0.704. The third-order valence-electron chi connectivity index (χ3n) is 11.9. The second kappa shape index (κ2) is 13.8. The molecule has 3 aromatic heterocycles. The minimum Gasteiger partial charge on any atom is -0.293 e. The molecule has 0 saturated carbocycles. The second-order valence-electron chi connectivity index (χ2n) is 15.5. The summed E-state index contributed by atoms with van der Waals surface area (Å²) in [7, 11) is 0. The Morgan fingerprint density at radius 3 is 1.58 bits per heavy atom. The van der Waals surface area contributed by atoms with E-state index in [0.717, 1.165) is 55.9 Å². The molecule has 3 heterocycles. The Hall–Kier alpha value is -8.08. The van der Waals surface area contributed by atoms with Crippen LogP contribution in [0, 0.1) is 0 Å². The summed E-state index contributed by atoms with van der Waals surface area (Å²) in [6, 6.07) is 78.0. The zero-order valence-corrected chi connectivity index (χ0v) is 32.6. The number of nitrogens with zero attached hydrogens (tertiary/aromatic N) is 4. The number of imidazole rings is 1. The summed E-state index contributed by atoms with van der Waals surface area (Å²) in [6.07, 6.45) is 0. The SMILES string of the molecule is c1ccc(-n2c3ccccc3n3c4ccccc4c(-c4ccc(-c5cccc(-c6cc(-c7ccc8ccccc8c7)nc(-c7ccc8ccccc8c7)n6)c5)cc4)c23)cc1. The van der Waals surface area contributed by atoms with Crippen LogP contribution in [0.2, 0.25) is 0 Å². The second-order valence-corrected chi connectivity index (χ2v) is 15.5. The van der Waals surface area contributed by atoms with Gasteiger partial charge in [-0.15, -0.1) is 0 Å². The molecule has 0 unspecified atom stereocenters. The summed E-state index contributed by atoms with van der Waals surface area (Å²) < 4.78 is 4.83. The van der Waals surface area contributed by atoms with Crippen LogP contribution in [-0.4, -0.2) is 18.9 Å². The van der Waals surface area contributed by atoms with Crippen molar-refractivity contribution in [1.29, 1.82) is 0 Å². The van der Waals surface area contributed by atoms with Crippen LogP contribution in [0.25, 0.3) is 111 Å². The van der Waals surface area contributed by atoms with Gasteiger partial charge >= 0.3 is 0 Å². The summed E-state index contributed by atoms with van der Waals surface area (Å²) >= 11 is 0. The Labute approximate surface area is 346 Å². The summed E-state index contributed by atoms with van der Waals surface area (Å²) in [4.78, 5) is 10.4. The van der Waals surface area contributed by atoms with E-state index < -0.39 is 0 Å². The van der Waals surface area contributed by atoms with Crippen LogP contribution in [0.15, 0.2) is 218 Å². The molecule has 280 valence electrons. The van der Waals surface area contributed by atoms with E-state index in [0.29, 0.717) is 5.82 Å². The number of aromatic nitrogens is 4. The van der Waals surface area contributed by atoms with Gasteiger partial charge < -0.3 is 0 Å². The van der Waals surface area contributed by atoms with Gasteiger partial charge in [-0.3, -0.25) is 8.97 Å². The first-order valence-corrected chi connectivity index (χ1v) is 20.4. The van der Waals surface area contributed by atoms with E-state index in [4.69, 9.17) is 9.97 Å².